The molecule has 5 unspecified atom stereocenters. The van der Waals surface area contributed by atoms with Crippen molar-refractivity contribution in [1.29, 1.82) is 0 Å². The molecule has 15 heterocycles. The maximum Gasteiger partial charge on any atom is 0.408 e. The van der Waals surface area contributed by atoms with E-state index in [0.717, 1.165) is 85.0 Å². The Balaban J connectivity index is 0.000000181. The molecule has 11 aromatic rings. The SMILES string of the molecule is C=CC(=O)OC.COC(=O)CC1c2c(ccc[n+]2[O-])C(=O)N1c1cnn(CC(F)(F)F)c1.COC(=O)CC1c2nc(-c3ccc(OC)c(OC)c3)ccc2C(=O)N1c1cnn(CC(F)(F)F)c1.COC(=O)CC1c2nc(Cl)ccc2C(=O)N1c1cnn(CC(F)(F)F)c1.COC(=O)CC1c2ncccc2C(=O)N1c1cnn(CC(F)(F)F)c1.O=C1c2cccnc2C(O)N1c1cnn(CC(F)(F)F)c1.O=P(Cl)(Cl)Cl. The molecule has 5 atom stereocenters. The summed E-state index contributed by atoms with van der Waals surface area (Å²) in [6, 6.07) is 16.7. The molecule has 1 aromatic carbocycles. The Morgan fingerprint density at radius 3 is 1.10 bits per heavy atom. The highest BCUT2D eigenvalue weighted by molar-refractivity contribution is 8.24. The van der Waals surface area contributed by atoms with E-state index >= 15 is 0 Å². The molecule has 768 valence electrons. The van der Waals surface area contributed by atoms with Crippen LogP contribution in [0.4, 0.5) is 94.3 Å². The minimum atomic E-state index is -4.48. The van der Waals surface area contributed by atoms with Crippen molar-refractivity contribution in [3.63, 3.8) is 0 Å². The van der Waals surface area contributed by atoms with Gasteiger partial charge in [-0.3, -0.25) is 106 Å². The molecule has 60 heteroatoms. The molecule has 10 aromatic heterocycles. The van der Waals surface area contributed by atoms with Crippen LogP contribution in [-0.4, -0.2) is 214 Å². The smallest absolute Gasteiger partial charge is 0.408 e. The molecule has 0 bridgehead atoms. The number of alkyl halides is 15. The van der Waals surface area contributed by atoms with Crippen molar-refractivity contribution >= 4 is 138 Å². The predicted octanol–water partition coefficient (Wildman–Crippen LogP) is 14.6. The highest BCUT2D eigenvalue weighted by Crippen LogP contribution is 2.61. The van der Waals surface area contributed by atoms with E-state index in [4.69, 9.17) is 25.8 Å². The maximum atomic E-state index is 13.2. The number of fused-ring (bicyclic) bond motifs is 5. The van der Waals surface area contributed by atoms with Crippen LogP contribution in [0.2, 0.25) is 5.15 Å². The average Bonchev–Trinajstić information content (AvgIpc) is 1.61. The van der Waals surface area contributed by atoms with Crippen molar-refractivity contribution in [1.82, 2.24) is 68.8 Å². The van der Waals surface area contributed by atoms with Crippen molar-refractivity contribution in [3.05, 3.63) is 239 Å². The number of amides is 5. The number of hydrogen-bond donors (Lipinski definition) is 1. The summed E-state index contributed by atoms with van der Waals surface area (Å²) in [5, 5.41) is 37.3. The van der Waals surface area contributed by atoms with Gasteiger partial charge in [0.2, 0.25) is 5.69 Å². The molecule has 0 radical (unpaired) electrons. The minimum absolute atomic E-state index is 0.0338. The van der Waals surface area contributed by atoms with Gasteiger partial charge in [-0.25, -0.2) is 14.8 Å². The number of ether oxygens (including phenoxy) is 7. The van der Waals surface area contributed by atoms with E-state index in [1.807, 2.05) is 0 Å². The van der Waals surface area contributed by atoms with E-state index < -0.39 is 159 Å². The molecule has 5 aliphatic rings. The van der Waals surface area contributed by atoms with Gasteiger partial charge in [-0.1, -0.05) is 18.2 Å². The molecule has 1 N–H and O–H groups in total. The first-order valence-electron chi connectivity index (χ1n) is 40.5. The van der Waals surface area contributed by atoms with Crippen molar-refractivity contribution < 1.29 is 161 Å². The van der Waals surface area contributed by atoms with E-state index in [2.05, 4.69) is 105 Å². The first-order chi connectivity index (χ1) is 67.5. The number of carbonyl (C=O) groups is 10. The fourth-order valence-electron chi connectivity index (χ4n) is 14.5. The summed E-state index contributed by atoms with van der Waals surface area (Å²) in [6.45, 7) is -3.33. The molecule has 0 aliphatic carbocycles. The average molecular weight is 2140 g/mol. The van der Waals surface area contributed by atoms with Crippen LogP contribution in [0, 0.1) is 5.21 Å². The first-order valence-corrected chi connectivity index (χ1v) is 45.3. The number of benzene rings is 1. The van der Waals surface area contributed by atoms with Crippen LogP contribution in [0.5, 0.6) is 11.5 Å². The monoisotopic (exact) mass is 2140 g/mol. The molecule has 0 fully saturated rings. The lowest BCUT2D eigenvalue weighted by atomic mass is 10.0. The minimum Gasteiger partial charge on any atom is -0.618 e. The Morgan fingerprint density at radius 2 is 0.750 bits per heavy atom. The second-order valence-electron chi connectivity index (χ2n) is 29.9. The van der Waals surface area contributed by atoms with Gasteiger partial charge in [-0.15, -0.1) is 0 Å². The number of aromatic nitrogens is 15. The summed E-state index contributed by atoms with van der Waals surface area (Å²) >= 11 is 19.7. The van der Waals surface area contributed by atoms with Crippen LogP contribution in [-0.2, 0) is 84.9 Å². The van der Waals surface area contributed by atoms with Gasteiger partial charge < -0.3 is 43.5 Å². The third-order valence-corrected chi connectivity index (χ3v) is 20.5. The first kappa shape index (κ1) is 111. The van der Waals surface area contributed by atoms with Gasteiger partial charge in [0.15, 0.2) is 23.9 Å². The summed E-state index contributed by atoms with van der Waals surface area (Å²) in [7, 11) is 9.09. The second kappa shape index (κ2) is 46.5. The maximum absolute atomic E-state index is 13.2. The second-order valence-corrected chi connectivity index (χ2v) is 36.9. The van der Waals surface area contributed by atoms with E-state index in [-0.39, 0.29) is 98.6 Å². The highest BCUT2D eigenvalue weighted by atomic mass is 36.0. The van der Waals surface area contributed by atoms with Crippen LogP contribution in [0.15, 0.2) is 172 Å². The van der Waals surface area contributed by atoms with Gasteiger partial charge >= 0.3 is 65.9 Å². The lowest BCUT2D eigenvalue weighted by molar-refractivity contribution is -0.615. The molecule has 40 nitrogen and oxygen atoms in total. The fraction of sp³-hybridized carbons (Fsp3) is 0.310. The molecular formula is C84H74Cl4F15N20O20P. The number of nitrogens with zero attached hydrogens (tertiary/aromatic N) is 20. The molecule has 16 rings (SSSR count). The van der Waals surface area contributed by atoms with E-state index in [9.17, 15) is 129 Å². The summed E-state index contributed by atoms with van der Waals surface area (Å²) in [4.78, 5) is 143. The van der Waals surface area contributed by atoms with Gasteiger partial charge in [0, 0.05) is 61.1 Å². The van der Waals surface area contributed by atoms with Gasteiger partial charge in [-0.2, -0.15) is 96.1 Å². The third kappa shape index (κ3) is 28.6. The number of carbonyl (C=O) groups excluding carboxylic acids is 10. The number of aliphatic hydroxyl groups excluding tert-OH is 1. The molecule has 0 saturated carbocycles. The number of aliphatic hydroxyl groups is 1. The normalized spacial score (nSPS) is 16.0. The van der Waals surface area contributed by atoms with Gasteiger partial charge in [0.25, 0.3) is 29.5 Å². The standard InChI is InChI=1S/C23H21F3N4O5.C15H12ClF3N4O3.C15H13F3N4O4.C15H13F3N4O3.C12H9F3N4O2.C4H6O2.Cl3OP/c1-33-18-7-4-13(8-19(18)34-2)16-6-5-15-21(28-16)17(9-20(31)35-3)30(22(15)32)14-10-27-29(11-14)12-23(24,25)26;1-26-12(24)4-10-13-9(2-3-11(16)21-13)14(25)23(10)8-5-20-22(6-8)7-15(17,18)19;1-26-12(23)5-11-13-10(3-2-4-21(13)25)14(24)22(11)9-6-19-20(7-9)8-15(16,17)18;1-25-12(23)5-11-13-10(3-2-4-19-13)14(24)22(11)9-6-20-21(7-9)8-15(16,17)18;13-12(14,15)6-18-5-7(4-17-18)19-10(20)8-2-1-3-16-9(8)11(19)21;1-3-4(5)6-2;1-5(2,3)4/h4-8,10-11,17H,9,12H2,1-3H3;2-3,5-6,10H,4,7H2,1H3;2-4,6-7,11H,5,8H2,1H3;2-4,6-7,11H,5,8H2,1H3;1-5,11,21H,6H2;3H,1H2,2H3;. The van der Waals surface area contributed by atoms with Crippen molar-refractivity contribution in [2.24, 2.45) is 0 Å². The Bertz CT molecular complexity index is 6630. The molecule has 144 heavy (non-hydrogen) atoms. The Kier molecular flexibility index (Phi) is 35.9. The lowest BCUT2D eigenvalue weighted by Gasteiger charge is -2.22. The van der Waals surface area contributed by atoms with E-state index in [1.165, 1.54) is 106 Å². The largest absolute Gasteiger partial charge is 0.618 e. The molecular weight excluding hydrogens is 2070 g/mol. The number of methoxy groups -OCH3 is 7. The van der Waals surface area contributed by atoms with Crippen molar-refractivity contribution in [3.8, 4) is 22.8 Å². The van der Waals surface area contributed by atoms with Crippen LogP contribution in [0.25, 0.3) is 11.3 Å². The highest BCUT2D eigenvalue weighted by Gasteiger charge is 2.49. The van der Waals surface area contributed by atoms with Crippen molar-refractivity contribution in [2.45, 2.75) is 120 Å². The third-order valence-electron chi connectivity index (χ3n) is 20.3. The van der Waals surface area contributed by atoms with Crippen LogP contribution >= 0.6 is 50.5 Å². The molecule has 0 spiro atoms. The number of rotatable bonds is 22. The zero-order valence-corrected chi connectivity index (χ0v) is 78.7. The Labute approximate surface area is 820 Å². The number of pyridine rings is 5. The number of halogens is 19. The van der Waals surface area contributed by atoms with E-state index in [1.54, 1.807) is 48.5 Å². The number of anilines is 5. The van der Waals surface area contributed by atoms with Crippen LogP contribution in [0.3, 0.4) is 0 Å². The predicted molar refractivity (Wildman–Crippen MR) is 471 cm³/mol. The molecule has 5 amide bonds. The summed E-state index contributed by atoms with van der Waals surface area (Å²) < 4.78 is 235. The number of esters is 5. The molecule has 5 aliphatic heterocycles. The summed E-state index contributed by atoms with van der Waals surface area (Å²) in [5.74, 6) is -4.45. The van der Waals surface area contributed by atoms with E-state index in [0.29, 0.717) is 67.8 Å². The summed E-state index contributed by atoms with van der Waals surface area (Å²) in [6.07, 6.45) is -8.39. The topological polar surface area (TPSA) is 456 Å². The molecule has 0 saturated heterocycles. The lowest BCUT2D eigenvalue weighted by Crippen LogP contribution is -2.36. The summed E-state index contributed by atoms with van der Waals surface area (Å²) in [5.41, 5.74) is 3.84. The van der Waals surface area contributed by atoms with Gasteiger partial charge in [-0.05, 0) is 107 Å². The Morgan fingerprint density at radius 1 is 0.431 bits per heavy atom. The van der Waals surface area contributed by atoms with Crippen LogP contribution < -0.4 is 38.7 Å². The zero-order valence-electron chi connectivity index (χ0n) is 74.8. The van der Waals surface area contributed by atoms with Gasteiger partial charge in [0.1, 0.15) is 55.2 Å². The van der Waals surface area contributed by atoms with Crippen LogP contribution in [0.1, 0.15) is 136 Å². The zero-order chi connectivity index (χ0) is 106. The Hall–Kier alpha value is -14.8. The quantitative estimate of drug-likeness (QED) is 0.00962. The van der Waals surface area contributed by atoms with Gasteiger partial charge in [0.05, 0.1) is 198 Å². The number of hydrogen-bond acceptors (Lipinski definition) is 29. The van der Waals surface area contributed by atoms with Crippen molar-refractivity contribution in [2.75, 3.05) is 74.3 Å². The fourth-order valence-corrected chi connectivity index (χ4v) is 14.7.